The summed E-state index contributed by atoms with van der Waals surface area (Å²) in [4.78, 5) is 24.6. The second-order valence-corrected chi connectivity index (χ2v) is 4.30. The number of hydrogen-bond acceptors (Lipinski definition) is 5. The lowest BCUT2D eigenvalue weighted by atomic mass is 10.1. The smallest absolute Gasteiger partial charge is 0.285 e. The van der Waals surface area contributed by atoms with Crippen molar-refractivity contribution in [3.8, 4) is 5.75 Å². The van der Waals surface area contributed by atoms with Gasteiger partial charge in [-0.1, -0.05) is 6.07 Å². The van der Waals surface area contributed by atoms with Crippen LogP contribution in [0.25, 0.3) is 0 Å². The number of nitro benzene ring substituents is 1. The number of carbonyl (C=O) groups is 1. The molecule has 0 aliphatic carbocycles. The number of rotatable bonds is 8. The molecule has 116 valence electrons. The molecule has 0 heterocycles. The predicted octanol–water partition coefficient (Wildman–Crippen LogP) is 1.84. The van der Waals surface area contributed by atoms with Gasteiger partial charge in [-0.25, -0.2) is 0 Å². The molecule has 0 saturated carbocycles. The molecule has 0 spiro atoms. The highest BCUT2D eigenvalue weighted by Crippen LogP contribution is 2.29. The van der Waals surface area contributed by atoms with E-state index in [4.69, 9.17) is 9.84 Å². The fourth-order valence-electron chi connectivity index (χ4n) is 1.99. The zero-order chi connectivity index (χ0) is 15.8. The second-order valence-electron chi connectivity index (χ2n) is 4.30. The van der Waals surface area contributed by atoms with E-state index < -0.39 is 10.8 Å². The zero-order valence-corrected chi connectivity index (χ0v) is 12.2. The highest BCUT2D eigenvalue weighted by Gasteiger charge is 2.28. The van der Waals surface area contributed by atoms with Crippen molar-refractivity contribution in [2.75, 3.05) is 26.3 Å². The number of ether oxygens (including phenoxy) is 1. The third kappa shape index (κ3) is 4.16. The van der Waals surface area contributed by atoms with Crippen LogP contribution in [0.2, 0.25) is 0 Å². The minimum absolute atomic E-state index is 0.0378. The van der Waals surface area contributed by atoms with Crippen LogP contribution in [0.4, 0.5) is 5.69 Å². The Labute approximate surface area is 123 Å². The summed E-state index contributed by atoms with van der Waals surface area (Å²) in [6.45, 7) is 4.53. The van der Waals surface area contributed by atoms with Gasteiger partial charge in [0.05, 0.1) is 11.5 Å². The van der Waals surface area contributed by atoms with Crippen LogP contribution in [0.1, 0.15) is 30.6 Å². The molecule has 0 radical (unpaired) electrons. The molecule has 1 aromatic rings. The molecule has 0 bridgehead atoms. The van der Waals surface area contributed by atoms with E-state index in [9.17, 15) is 14.9 Å². The quantitative estimate of drug-likeness (QED) is 0.583. The van der Waals surface area contributed by atoms with Crippen molar-refractivity contribution in [3.05, 3.63) is 33.9 Å². The van der Waals surface area contributed by atoms with Gasteiger partial charge in [0.25, 0.3) is 11.6 Å². The molecule has 1 rings (SSSR count). The number of aliphatic hydroxyl groups excluding tert-OH is 1. The number of amides is 1. The Balaban J connectivity index is 3.23. The number of aliphatic hydroxyl groups is 1. The van der Waals surface area contributed by atoms with Crippen molar-refractivity contribution in [1.29, 1.82) is 0 Å². The van der Waals surface area contributed by atoms with E-state index in [1.165, 1.54) is 17.0 Å². The second kappa shape index (κ2) is 8.21. The Bertz CT molecular complexity index is 504. The van der Waals surface area contributed by atoms with Crippen LogP contribution in [0, 0.1) is 10.1 Å². The van der Waals surface area contributed by atoms with Crippen LogP contribution < -0.4 is 4.74 Å². The van der Waals surface area contributed by atoms with Gasteiger partial charge in [-0.15, -0.1) is 0 Å². The molecule has 1 aromatic carbocycles. The molecule has 0 aliphatic rings. The number of carbonyl (C=O) groups excluding carboxylic acids is 1. The average Bonchev–Trinajstić information content (AvgIpc) is 2.47. The third-order valence-corrected chi connectivity index (χ3v) is 2.97. The summed E-state index contributed by atoms with van der Waals surface area (Å²) in [6, 6.07) is 4.32. The van der Waals surface area contributed by atoms with E-state index in [2.05, 4.69) is 0 Å². The molecule has 1 N–H and O–H groups in total. The largest absolute Gasteiger partial charge is 0.493 e. The summed E-state index contributed by atoms with van der Waals surface area (Å²) in [7, 11) is 0. The van der Waals surface area contributed by atoms with Crippen molar-refractivity contribution in [2.24, 2.45) is 0 Å². The van der Waals surface area contributed by atoms with E-state index in [1.54, 1.807) is 19.9 Å². The van der Waals surface area contributed by atoms with E-state index >= 15 is 0 Å². The lowest BCUT2D eigenvalue weighted by Crippen LogP contribution is -2.33. The van der Waals surface area contributed by atoms with Crippen LogP contribution in [0.5, 0.6) is 5.75 Å². The summed E-state index contributed by atoms with van der Waals surface area (Å²) < 4.78 is 5.35. The Kier molecular flexibility index (Phi) is 6.61. The summed E-state index contributed by atoms with van der Waals surface area (Å²) in [6.07, 6.45) is 0.421. The first-order valence-electron chi connectivity index (χ1n) is 6.87. The van der Waals surface area contributed by atoms with Gasteiger partial charge in [-0.2, -0.15) is 0 Å². The third-order valence-electron chi connectivity index (χ3n) is 2.97. The molecule has 7 nitrogen and oxygen atoms in total. The van der Waals surface area contributed by atoms with Crippen molar-refractivity contribution in [3.63, 3.8) is 0 Å². The van der Waals surface area contributed by atoms with Gasteiger partial charge in [0.15, 0.2) is 5.56 Å². The van der Waals surface area contributed by atoms with E-state index in [0.717, 1.165) is 0 Å². The van der Waals surface area contributed by atoms with Gasteiger partial charge < -0.3 is 14.7 Å². The van der Waals surface area contributed by atoms with E-state index in [0.29, 0.717) is 26.1 Å². The van der Waals surface area contributed by atoms with Crippen LogP contribution in [-0.2, 0) is 0 Å². The Morgan fingerprint density at radius 3 is 2.67 bits per heavy atom. The fraction of sp³-hybridized carbons (Fsp3) is 0.500. The molecular formula is C14H20N2O5. The highest BCUT2D eigenvalue weighted by molar-refractivity contribution is 6.00. The topological polar surface area (TPSA) is 92.9 Å². The number of hydrogen-bond donors (Lipinski definition) is 1. The first-order chi connectivity index (χ1) is 10.1. The van der Waals surface area contributed by atoms with Gasteiger partial charge >= 0.3 is 0 Å². The first-order valence-corrected chi connectivity index (χ1v) is 6.87. The van der Waals surface area contributed by atoms with Crippen LogP contribution in [0.15, 0.2) is 18.2 Å². The lowest BCUT2D eigenvalue weighted by molar-refractivity contribution is -0.385. The Hall–Kier alpha value is -2.15. The predicted molar refractivity (Wildman–Crippen MR) is 77.5 cm³/mol. The molecule has 0 saturated heterocycles. The summed E-state index contributed by atoms with van der Waals surface area (Å²) in [5.41, 5.74) is -0.308. The molecule has 1 amide bonds. The average molecular weight is 296 g/mol. The Morgan fingerprint density at radius 1 is 1.43 bits per heavy atom. The normalized spacial score (nSPS) is 10.2. The van der Waals surface area contributed by atoms with Crippen molar-refractivity contribution in [1.82, 2.24) is 4.90 Å². The molecule has 0 fully saturated rings. The van der Waals surface area contributed by atoms with Gasteiger partial charge in [0.1, 0.15) is 5.75 Å². The van der Waals surface area contributed by atoms with Gasteiger partial charge in [-0.3, -0.25) is 14.9 Å². The number of nitro groups is 1. The van der Waals surface area contributed by atoms with Gasteiger partial charge in [-0.05, 0) is 26.3 Å². The standard InChI is InChI=1S/C14H20N2O5/c1-3-15(9-6-10-17)14(18)13-11(16(19)20)7-5-8-12(13)21-4-2/h5,7-8,17H,3-4,6,9-10H2,1-2H3. The molecule has 0 aliphatic heterocycles. The van der Waals surface area contributed by atoms with Crippen LogP contribution in [-0.4, -0.2) is 47.1 Å². The van der Waals surface area contributed by atoms with E-state index in [1.807, 2.05) is 0 Å². The lowest BCUT2D eigenvalue weighted by Gasteiger charge is -2.21. The monoisotopic (exact) mass is 296 g/mol. The number of nitrogens with zero attached hydrogens (tertiary/aromatic N) is 2. The van der Waals surface area contributed by atoms with Crippen molar-refractivity contribution < 1.29 is 19.6 Å². The molecule has 0 aromatic heterocycles. The van der Waals surface area contributed by atoms with Gasteiger partial charge in [0, 0.05) is 25.8 Å². The number of benzene rings is 1. The minimum Gasteiger partial charge on any atom is -0.493 e. The molecule has 7 heteroatoms. The van der Waals surface area contributed by atoms with Crippen LogP contribution >= 0.6 is 0 Å². The summed E-state index contributed by atoms with van der Waals surface area (Å²) >= 11 is 0. The van der Waals surface area contributed by atoms with Gasteiger partial charge in [0.2, 0.25) is 0 Å². The fourth-order valence-corrected chi connectivity index (χ4v) is 1.99. The van der Waals surface area contributed by atoms with E-state index in [-0.39, 0.29) is 23.6 Å². The summed E-state index contributed by atoms with van der Waals surface area (Å²) in [5, 5.41) is 20.0. The maximum absolute atomic E-state index is 12.6. The van der Waals surface area contributed by atoms with Crippen molar-refractivity contribution >= 4 is 11.6 Å². The Morgan fingerprint density at radius 2 is 2.14 bits per heavy atom. The molecule has 21 heavy (non-hydrogen) atoms. The van der Waals surface area contributed by atoms with Crippen LogP contribution in [0.3, 0.4) is 0 Å². The van der Waals surface area contributed by atoms with Crippen molar-refractivity contribution in [2.45, 2.75) is 20.3 Å². The SMILES string of the molecule is CCOc1cccc([N+](=O)[O-])c1C(=O)N(CC)CCCO. The maximum atomic E-state index is 12.6. The molecule has 0 unspecified atom stereocenters. The first kappa shape index (κ1) is 16.9. The molecule has 0 atom stereocenters. The molecular weight excluding hydrogens is 276 g/mol. The maximum Gasteiger partial charge on any atom is 0.285 e. The highest BCUT2D eigenvalue weighted by atomic mass is 16.6. The zero-order valence-electron chi connectivity index (χ0n) is 12.2. The summed E-state index contributed by atoms with van der Waals surface area (Å²) in [5.74, 6) is -0.249. The minimum atomic E-state index is -0.588.